The predicted molar refractivity (Wildman–Crippen MR) is 88.8 cm³/mol. The lowest BCUT2D eigenvalue weighted by Crippen LogP contribution is -2.55. The van der Waals surface area contributed by atoms with Crippen molar-refractivity contribution in [2.45, 2.75) is 77.2 Å². The molecule has 0 amide bonds. The van der Waals surface area contributed by atoms with Gasteiger partial charge in [0, 0.05) is 19.4 Å². The molecule has 3 heteroatoms. The average molecular weight is 320 g/mol. The molecule has 130 valence electrons. The highest BCUT2D eigenvalue weighted by Gasteiger charge is 2.61. The highest BCUT2D eigenvalue weighted by atomic mass is 16.3. The van der Waals surface area contributed by atoms with Crippen LogP contribution >= 0.6 is 0 Å². The molecule has 3 nitrogen and oxygen atoms in total. The number of ketones is 1. The molecule has 23 heavy (non-hydrogen) atoms. The first-order valence-corrected chi connectivity index (χ1v) is 9.82. The second-order valence-electron chi connectivity index (χ2n) is 9.24. The van der Waals surface area contributed by atoms with Gasteiger partial charge in [-0.15, -0.1) is 0 Å². The lowest BCUT2D eigenvalue weighted by molar-refractivity contribution is -0.149. The number of carbonyl (C=O) groups is 1. The second kappa shape index (κ2) is 5.56. The van der Waals surface area contributed by atoms with Crippen LogP contribution in [0.4, 0.5) is 0 Å². The van der Waals surface area contributed by atoms with Crippen molar-refractivity contribution in [1.29, 1.82) is 0 Å². The van der Waals surface area contributed by atoms with Gasteiger partial charge < -0.3 is 10.2 Å². The smallest absolute Gasteiger partial charge is 0.133 e. The monoisotopic (exact) mass is 320 g/mol. The molecule has 4 aliphatic rings. The zero-order valence-electron chi connectivity index (χ0n) is 14.5. The summed E-state index contributed by atoms with van der Waals surface area (Å²) in [6.07, 6.45) is 10.1. The van der Waals surface area contributed by atoms with E-state index in [2.05, 4.69) is 6.92 Å². The Kier molecular flexibility index (Phi) is 3.88. The van der Waals surface area contributed by atoms with Crippen LogP contribution in [0.15, 0.2) is 0 Å². The van der Waals surface area contributed by atoms with Crippen molar-refractivity contribution in [3.8, 4) is 0 Å². The Labute approximate surface area is 139 Å². The van der Waals surface area contributed by atoms with Gasteiger partial charge in [-0.3, -0.25) is 4.79 Å². The summed E-state index contributed by atoms with van der Waals surface area (Å²) in [4.78, 5) is 12.0. The van der Waals surface area contributed by atoms with E-state index in [4.69, 9.17) is 0 Å². The maximum atomic E-state index is 12.0. The van der Waals surface area contributed by atoms with Gasteiger partial charge >= 0.3 is 0 Å². The van der Waals surface area contributed by atoms with Crippen LogP contribution < -0.4 is 0 Å². The van der Waals surface area contributed by atoms with Crippen molar-refractivity contribution in [3.05, 3.63) is 0 Å². The standard InChI is InChI=1S/C20H32O3/c1-19-8-7-17-15(16(19)4-5-18(19)23)3-2-13-12-14(22)6-9-20(13,17)10-11-21/h13,15-18,21,23H,2-12H2,1H3/t13-,15-,16-,17-,18-,19-,20+/m0/s1. The van der Waals surface area contributed by atoms with Crippen LogP contribution in [0.3, 0.4) is 0 Å². The Hall–Kier alpha value is -0.410. The van der Waals surface area contributed by atoms with Crippen molar-refractivity contribution in [3.63, 3.8) is 0 Å². The largest absolute Gasteiger partial charge is 0.396 e. The number of hydrogen-bond donors (Lipinski definition) is 2. The van der Waals surface area contributed by atoms with Crippen molar-refractivity contribution < 1.29 is 15.0 Å². The molecule has 0 aromatic rings. The highest BCUT2D eigenvalue weighted by Crippen LogP contribution is 2.66. The summed E-state index contributed by atoms with van der Waals surface area (Å²) in [5.41, 5.74) is 0.333. The minimum Gasteiger partial charge on any atom is -0.396 e. The molecule has 0 spiro atoms. The van der Waals surface area contributed by atoms with Gasteiger partial charge in [-0.25, -0.2) is 0 Å². The summed E-state index contributed by atoms with van der Waals surface area (Å²) in [5, 5.41) is 20.3. The zero-order valence-corrected chi connectivity index (χ0v) is 14.5. The third-order valence-electron chi connectivity index (χ3n) is 8.71. The van der Waals surface area contributed by atoms with Crippen molar-refractivity contribution in [2.24, 2.45) is 34.5 Å². The molecule has 0 aromatic carbocycles. The molecule has 4 fully saturated rings. The number of carbonyl (C=O) groups excluding carboxylic acids is 1. The fourth-order valence-electron chi connectivity index (χ4n) is 7.53. The highest BCUT2D eigenvalue weighted by molar-refractivity contribution is 5.79. The van der Waals surface area contributed by atoms with Crippen LogP contribution in [0.25, 0.3) is 0 Å². The Bertz CT molecular complexity index is 489. The summed E-state index contributed by atoms with van der Waals surface area (Å²) in [6, 6.07) is 0. The summed E-state index contributed by atoms with van der Waals surface area (Å²) in [5.74, 6) is 2.99. The molecule has 0 heterocycles. The van der Waals surface area contributed by atoms with E-state index in [1.807, 2.05) is 0 Å². The minimum absolute atomic E-state index is 0.118. The van der Waals surface area contributed by atoms with Gasteiger partial charge in [-0.1, -0.05) is 6.92 Å². The number of Topliss-reactive ketones (excluding diaryl/α,β-unsaturated/α-hetero) is 1. The molecule has 0 aromatic heterocycles. The molecule has 4 rings (SSSR count). The third-order valence-corrected chi connectivity index (χ3v) is 8.71. The fourth-order valence-corrected chi connectivity index (χ4v) is 7.53. The van der Waals surface area contributed by atoms with Gasteiger partial charge in [0.2, 0.25) is 0 Å². The van der Waals surface area contributed by atoms with Crippen LogP contribution in [0.5, 0.6) is 0 Å². The molecule has 7 atom stereocenters. The van der Waals surface area contributed by atoms with Gasteiger partial charge in [-0.2, -0.15) is 0 Å². The Morgan fingerprint density at radius 1 is 1.09 bits per heavy atom. The summed E-state index contributed by atoms with van der Waals surface area (Å²) < 4.78 is 0. The van der Waals surface area contributed by atoms with E-state index in [1.54, 1.807) is 0 Å². The van der Waals surface area contributed by atoms with Gasteiger partial charge in [-0.05, 0) is 85.9 Å². The number of fused-ring (bicyclic) bond motifs is 5. The number of aliphatic hydroxyl groups excluding tert-OH is 2. The molecule has 0 radical (unpaired) electrons. The molecule has 0 aliphatic heterocycles. The van der Waals surface area contributed by atoms with Crippen LogP contribution in [0.1, 0.15) is 71.1 Å². The first kappa shape index (κ1) is 16.1. The van der Waals surface area contributed by atoms with Crippen LogP contribution in [-0.2, 0) is 4.79 Å². The van der Waals surface area contributed by atoms with Gasteiger partial charge in [0.1, 0.15) is 5.78 Å². The van der Waals surface area contributed by atoms with E-state index in [0.29, 0.717) is 29.5 Å². The Morgan fingerprint density at radius 2 is 1.91 bits per heavy atom. The van der Waals surface area contributed by atoms with E-state index in [9.17, 15) is 15.0 Å². The first-order valence-electron chi connectivity index (χ1n) is 9.82. The Morgan fingerprint density at radius 3 is 2.70 bits per heavy atom. The lowest BCUT2D eigenvalue weighted by Gasteiger charge is -2.61. The maximum Gasteiger partial charge on any atom is 0.133 e. The SMILES string of the molecule is C[C@]12CC[C@H]3[C@@H](CC[C@H]4CC(=O)CC[C@@]43CCO)[C@@H]1CC[C@@H]2O. The van der Waals surface area contributed by atoms with E-state index < -0.39 is 0 Å². The topological polar surface area (TPSA) is 57.5 Å². The zero-order chi connectivity index (χ0) is 16.2. The van der Waals surface area contributed by atoms with Gasteiger partial charge in [0.25, 0.3) is 0 Å². The van der Waals surface area contributed by atoms with Crippen LogP contribution in [-0.4, -0.2) is 28.7 Å². The maximum absolute atomic E-state index is 12.0. The minimum atomic E-state index is -0.118. The molecule has 0 unspecified atom stereocenters. The molecule has 0 bridgehead atoms. The molecule has 0 saturated heterocycles. The summed E-state index contributed by atoms with van der Waals surface area (Å²) in [7, 11) is 0. The van der Waals surface area contributed by atoms with E-state index in [1.165, 1.54) is 19.3 Å². The summed E-state index contributed by atoms with van der Waals surface area (Å²) >= 11 is 0. The first-order chi connectivity index (χ1) is 11.0. The predicted octanol–water partition coefficient (Wildman–Crippen LogP) is 3.32. The number of aliphatic hydroxyl groups is 2. The molecule has 4 saturated carbocycles. The summed E-state index contributed by atoms with van der Waals surface area (Å²) in [6.45, 7) is 2.58. The van der Waals surface area contributed by atoms with Crippen molar-refractivity contribution >= 4 is 5.78 Å². The normalized spacial score (nSPS) is 52.7. The van der Waals surface area contributed by atoms with Crippen LogP contribution in [0.2, 0.25) is 0 Å². The van der Waals surface area contributed by atoms with Crippen molar-refractivity contribution in [1.82, 2.24) is 0 Å². The molecular formula is C20H32O3. The second-order valence-corrected chi connectivity index (χ2v) is 9.24. The Balaban J connectivity index is 1.66. The van der Waals surface area contributed by atoms with Crippen molar-refractivity contribution in [2.75, 3.05) is 6.61 Å². The van der Waals surface area contributed by atoms with E-state index >= 15 is 0 Å². The third kappa shape index (κ3) is 2.18. The fraction of sp³-hybridized carbons (Fsp3) is 0.950. The average Bonchev–Trinajstić information content (AvgIpc) is 2.84. The van der Waals surface area contributed by atoms with Gasteiger partial charge in [0.15, 0.2) is 0 Å². The molecule has 2 N–H and O–H groups in total. The van der Waals surface area contributed by atoms with E-state index in [0.717, 1.165) is 44.9 Å². The quantitative estimate of drug-likeness (QED) is 0.820. The van der Waals surface area contributed by atoms with Gasteiger partial charge in [0.05, 0.1) is 6.10 Å². The number of rotatable bonds is 2. The molecule has 4 aliphatic carbocycles. The number of hydrogen-bond acceptors (Lipinski definition) is 3. The molecular weight excluding hydrogens is 288 g/mol. The lowest BCUT2D eigenvalue weighted by atomic mass is 9.44. The van der Waals surface area contributed by atoms with E-state index in [-0.39, 0.29) is 23.5 Å². The van der Waals surface area contributed by atoms with Crippen LogP contribution in [0, 0.1) is 34.5 Å².